The lowest BCUT2D eigenvalue weighted by atomic mass is 9.90. The molecule has 0 aromatic rings. The zero-order chi connectivity index (χ0) is 18.2. The van der Waals surface area contributed by atoms with Gasteiger partial charge in [-0.25, -0.2) is 0 Å². The average molecular weight is 368 g/mol. The summed E-state index contributed by atoms with van der Waals surface area (Å²) in [6.45, 7) is 3.29. The minimum Gasteiger partial charge on any atom is -0.392 e. The topological polar surface area (TPSA) is 43.7 Å². The van der Waals surface area contributed by atoms with E-state index in [0.717, 1.165) is 44.4 Å². The predicted octanol–water partition coefficient (Wildman–Crippen LogP) is 4.07. The molecule has 0 aromatic heterocycles. The number of hydrogen-bond donors (Lipinski definition) is 2. The van der Waals surface area contributed by atoms with Crippen molar-refractivity contribution >= 4 is 11.8 Å². The maximum absolute atomic E-state index is 10.4. The molecule has 2 aliphatic carbocycles. The van der Waals surface area contributed by atoms with E-state index in [0.29, 0.717) is 11.8 Å². The monoisotopic (exact) mass is 367 g/mol. The Morgan fingerprint density at radius 1 is 1.28 bits per heavy atom. The molecule has 2 N–H and O–H groups in total. The van der Waals surface area contributed by atoms with Crippen LogP contribution in [-0.4, -0.2) is 53.7 Å². The standard InChI is InChI=1S/C21H37NO2S/c1-4-5-6-7-18(23)8-9-19-20-13-16(12-17(20)14-21(19)24)15-25-11-10-22(2)3/h8-9,15,17-21,23-24H,4-7,10-14H2,1-3H3/t17-,18-,19+,20-,21+/m0/s1. The molecule has 25 heavy (non-hydrogen) atoms. The molecule has 2 rings (SSSR count). The first kappa shape index (κ1) is 21.0. The van der Waals surface area contributed by atoms with Gasteiger partial charge in [-0.1, -0.05) is 43.9 Å². The lowest BCUT2D eigenvalue weighted by molar-refractivity contribution is 0.139. The van der Waals surface area contributed by atoms with E-state index in [1.165, 1.54) is 12.8 Å². The third kappa shape index (κ3) is 6.74. The van der Waals surface area contributed by atoms with E-state index in [1.54, 1.807) is 5.57 Å². The summed E-state index contributed by atoms with van der Waals surface area (Å²) in [5.41, 5.74) is 1.56. The van der Waals surface area contributed by atoms with Crippen LogP contribution in [-0.2, 0) is 0 Å². The number of aliphatic hydroxyl groups excluding tert-OH is 2. The van der Waals surface area contributed by atoms with Crippen molar-refractivity contribution in [3.63, 3.8) is 0 Å². The van der Waals surface area contributed by atoms with Crippen LogP contribution in [0.2, 0.25) is 0 Å². The number of rotatable bonds is 10. The lowest BCUT2D eigenvalue weighted by Gasteiger charge is -2.17. The van der Waals surface area contributed by atoms with Gasteiger partial charge >= 0.3 is 0 Å². The number of aliphatic hydroxyl groups is 2. The summed E-state index contributed by atoms with van der Waals surface area (Å²) >= 11 is 1.92. The van der Waals surface area contributed by atoms with Crippen molar-refractivity contribution in [2.24, 2.45) is 17.8 Å². The summed E-state index contributed by atoms with van der Waals surface area (Å²) in [5.74, 6) is 2.56. The maximum atomic E-state index is 10.4. The van der Waals surface area contributed by atoms with Gasteiger partial charge in [-0.2, -0.15) is 0 Å². The van der Waals surface area contributed by atoms with Gasteiger partial charge in [-0.05, 0) is 57.0 Å². The zero-order valence-corrected chi connectivity index (χ0v) is 17.0. The first-order valence-corrected chi connectivity index (χ1v) is 11.0. The molecule has 0 radical (unpaired) electrons. The summed E-state index contributed by atoms with van der Waals surface area (Å²) in [6.07, 6.45) is 11.0. The highest BCUT2D eigenvalue weighted by atomic mass is 32.2. The van der Waals surface area contributed by atoms with Gasteiger partial charge in [0.2, 0.25) is 0 Å². The molecule has 144 valence electrons. The van der Waals surface area contributed by atoms with Gasteiger partial charge in [0.25, 0.3) is 0 Å². The molecular weight excluding hydrogens is 330 g/mol. The van der Waals surface area contributed by atoms with Crippen LogP contribution < -0.4 is 0 Å². The van der Waals surface area contributed by atoms with Gasteiger partial charge in [0, 0.05) is 18.2 Å². The van der Waals surface area contributed by atoms with Crippen LogP contribution in [0.4, 0.5) is 0 Å². The highest BCUT2D eigenvalue weighted by molar-refractivity contribution is 8.02. The third-order valence-corrected chi connectivity index (χ3v) is 6.59. The van der Waals surface area contributed by atoms with E-state index >= 15 is 0 Å². The molecule has 5 atom stereocenters. The molecule has 2 saturated carbocycles. The van der Waals surface area contributed by atoms with E-state index in [4.69, 9.17) is 0 Å². The second kappa shape index (κ2) is 10.8. The van der Waals surface area contributed by atoms with Gasteiger partial charge in [-0.3, -0.25) is 0 Å². The fourth-order valence-corrected chi connectivity index (χ4v) is 5.25. The second-order valence-corrected chi connectivity index (χ2v) is 9.09. The summed E-state index contributed by atoms with van der Waals surface area (Å²) in [6, 6.07) is 0. The minimum absolute atomic E-state index is 0.225. The van der Waals surface area contributed by atoms with Crippen LogP contribution in [0.5, 0.6) is 0 Å². The van der Waals surface area contributed by atoms with Gasteiger partial charge in [0.1, 0.15) is 0 Å². The Morgan fingerprint density at radius 2 is 2.08 bits per heavy atom. The molecule has 2 aliphatic rings. The normalized spacial score (nSPS) is 32.2. The van der Waals surface area contributed by atoms with E-state index < -0.39 is 0 Å². The van der Waals surface area contributed by atoms with Crippen molar-refractivity contribution < 1.29 is 10.2 Å². The molecule has 0 saturated heterocycles. The molecule has 0 aromatic carbocycles. The predicted molar refractivity (Wildman–Crippen MR) is 109 cm³/mol. The van der Waals surface area contributed by atoms with Gasteiger partial charge in [-0.15, -0.1) is 11.8 Å². The number of thioether (sulfide) groups is 1. The quantitative estimate of drug-likeness (QED) is 0.451. The van der Waals surface area contributed by atoms with Crippen LogP contribution in [0.15, 0.2) is 23.1 Å². The highest BCUT2D eigenvalue weighted by Gasteiger charge is 2.44. The summed E-state index contributed by atoms with van der Waals surface area (Å²) < 4.78 is 0. The van der Waals surface area contributed by atoms with Crippen molar-refractivity contribution in [3.05, 3.63) is 23.1 Å². The number of allylic oxidation sites excluding steroid dienone is 1. The third-order valence-electron chi connectivity index (χ3n) is 5.68. The maximum Gasteiger partial charge on any atom is 0.0721 e. The fraction of sp³-hybridized carbons (Fsp3) is 0.810. The Hall–Kier alpha value is -0.290. The first-order chi connectivity index (χ1) is 12.0. The molecular formula is C21H37NO2S. The summed E-state index contributed by atoms with van der Waals surface area (Å²) in [4.78, 5) is 2.22. The number of fused-ring (bicyclic) bond motifs is 1. The van der Waals surface area contributed by atoms with Crippen molar-refractivity contribution in [1.29, 1.82) is 0 Å². The largest absolute Gasteiger partial charge is 0.392 e. The van der Waals surface area contributed by atoms with E-state index in [9.17, 15) is 10.2 Å². The van der Waals surface area contributed by atoms with Crippen LogP contribution >= 0.6 is 11.8 Å². The minimum atomic E-state index is -0.351. The smallest absolute Gasteiger partial charge is 0.0721 e. The Morgan fingerprint density at radius 3 is 2.80 bits per heavy atom. The average Bonchev–Trinajstić information content (AvgIpc) is 3.06. The number of hydrogen-bond acceptors (Lipinski definition) is 4. The van der Waals surface area contributed by atoms with Gasteiger partial charge < -0.3 is 15.1 Å². The first-order valence-electron chi connectivity index (χ1n) is 10.00. The molecule has 4 heteroatoms. The van der Waals surface area contributed by atoms with E-state index in [2.05, 4.69) is 37.4 Å². The molecule has 0 bridgehead atoms. The molecule has 0 unspecified atom stereocenters. The molecule has 0 spiro atoms. The van der Waals surface area contributed by atoms with Crippen molar-refractivity contribution in [1.82, 2.24) is 4.90 Å². The van der Waals surface area contributed by atoms with Gasteiger partial charge in [0.15, 0.2) is 0 Å². The zero-order valence-electron chi connectivity index (χ0n) is 16.2. The van der Waals surface area contributed by atoms with Crippen LogP contribution in [0.25, 0.3) is 0 Å². The summed E-state index contributed by atoms with van der Waals surface area (Å²) in [7, 11) is 4.23. The van der Waals surface area contributed by atoms with Crippen LogP contribution in [0, 0.1) is 17.8 Å². The van der Waals surface area contributed by atoms with E-state index in [-0.39, 0.29) is 18.1 Å². The number of unbranched alkanes of at least 4 members (excludes halogenated alkanes) is 2. The Bertz CT molecular complexity index is 449. The molecule has 0 aliphatic heterocycles. The van der Waals surface area contributed by atoms with Crippen molar-refractivity contribution in [3.8, 4) is 0 Å². The molecule has 0 amide bonds. The lowest BCUT2D eigenvalue weighted by Crippen LogP contribution is -2.17. The Balaban J connectivity index is 1.82. The fourth-order valence-electron chi connectivity index (χ4n) is 4.24. The van der Waals surface area contributed by atoms with Crippen LogP contribution in [0.3, 0.4) is 0 Å². The molecule has 0 heterocycles. The SMILES string of the molecule is CCCCC[C@H](O)C=C[C@@H]1[C@H]2CC(=CSCCN(C)C)C[C@H]2C[C@H]1O. The van der Waals surface area contributed by atoms with E-state index in [1.807, 2.05) is 17.8 Å². The second-order valence-electron chi connectivity index (χ2n) is 8.11. The molecule has 2 fully saturated rings. The van der Waals surface area contributed by atoms with Crippen molar-refractivity contribution in [2.45, 2.75) is 64.1 Å². The number of nitrogens with zero attached hydrogens (tertiary/aromatic N) is 1. The van der Waals surface area contributed by atoms with Crippen molar-refractivity contribution in [2.75, 3.05) is 26.4 Å². The summed E-state index contributed by atoms with van der Waals surface area (Å²) in [5, 5.41) is 22.9. The molecule has 3 nitrogen and oxygen atoms in total. The highest BCUT2D eigenvalue weighted by Crippen LogP contribution is 2.50. The van der Waals surface area contributed by atoms with Gasteiger partial charge in [0.05, 0.1) is 12.2 Å². The van der Waals surface area contributed by atoms with Crippen LogP contribution in [0.1, 0.15) is 51.9 Å². The Kier molecular flexibility index (Phi) is 9.05. The Labute approximate surface area is 158 Å².